The quantitative estimate of drug-likeness (QED) is 0.572. The van der Waals surface area contributed by atoms with Crippen LogP contribution in [-0.2, 0) is 4.74 Å². The van der Waals surface area contributed by atoms with Gasteiger partial charge in [-0.3, -0.25) is 4.99 Å². The number of hydrogen-bond acceptors (Lipinski definition) is 5. The molecule has 0 N–H and O–H groups in total. The molecule has 0 aliphatic carbocycles. The number of aliphatic imine (C=N–C) groups is 1. The van der Waals surface area contributed by atoms with Crippen molar-refractivity contribution in [3.63, 3.8) is 0 Å². The number of ether oxygens (including phenoxy) is 1. The van der Waals surface area contributed by atoms with Crippen molar-refractivity contribution in [2.45, 2.75) is 58.5 Å². The van der Waals surface area contributed by atoms with Crippen molar-refractivity contribution < 1.29 is 9.53 Å². The lowest BCUT2D eigenvalue weighted by Crippen LogP contribution is -2.35. The molecule has 2 aliphatic heterocycles. The van der Waals surface area contributed by atoms with Crippen molar-refractivity contribution in [3.8, 4) is 0 Å². The molecule has 4 heterocycles. The first-order valence-electron chi connectivity index (χ1n) is 12.2. The number of nitrogens with zero attached hydrogens (tertiary/aromatic N) is 5. The molecule has 1 atom stereocenters. The fraction of sp³-hybridized carbons (Fsp3) is 0.429. The van der Waals surface area contributed by atoms with Gasteiger partial charge in [-0.05, 0) is 50.8 Å². The second-order valence-corrected chi connectivity index (χ2v) is 10.4. The predicted octanol–water partition coefficient (Wildman–Crippen LogP) is 5.71. The van der Waals surface area contributed by atoms with Crippen molar-refractivity contribution in [3.05, 3.63) is 71.7 Å². The molecular formula is C28H35N5O2. The third kappa shape index (κ3) is 5.78. The molecule has 7 nitrogen and oxygen atoms in total. The zero-order valence-electron chi connectivity index (χ0n) is 21.4. The molecule has 0 spiro atoms. The summed E-state index contributed by atoms with van der Waals surface area (Å²) in [5, 5.41) is 4.69. The van der Waals surface area contributed by atoms with E-state index in [-0.39, 0.29) is 17.9 Å². The first-order chi connectivity index (χ1) is 16.6. The van der Waals surface area contributed by atoms with E-state index in [1.807, 2.05) is 68.1 Å². The number of fused-ring (bicyclic) bond motifs is 1. The number of allylic oxidation sites excluding steroid dienone is 6. The Bertz CT molecular complexity index is 1240. The fourth-order valence-electron chi connectivity index (χ4n) is 4.29. The molecular weight excluding hydrogens is 438 g/mol. The summed E-state index contributed by atoms with van der Waals surface area (Å²) in [6, 6.07) is 2.14. The summed E-state index contributed by atoms with van der Waals surface area (Å²) in [6.07, 6.45) is 14.2. The lowest BCUT2D eigenvalue weighted by Gasteiger charge is -2.24. The largest absolute Gasteiger partial charge is 0.444 e. The molecule has 2 aliphatic rings. The highest BCUT2D eigenvalue weighted by Crippen LogP contribution is 2.31. The van der Waals surface area contributed by atoms with Crippen LogP contribution in [0.15, 0.2) is 59.8 Å². The van der Waals surface area contributed by atoms with Crippen LogP contribution in [0.3, 0.4) is 0 Å². The second-order valence-electron chi connectivity index (χ2n) is 10.4. The van der Waals surface area contributed by atoms with Crippen molar-refractivity contribution in [1.29, 1.82) is 0 Å². The van der Waals surface area contributed by atoms with Crippen molar-refractivity contribution >= 4 is 23.5 Å². The Morgan fingerprint density at radius 2 is 2.06 bits per heavy atom. The molecule has 1 saturated heterocycles. The van der Waals surface area contributed by atoms with Crippen molar-refractivity contribution in [1.82, 2.24) is 19.5 Å². The Kier molecular flexibility index (Phi) is 7.05. The Hall–Kier alpha value is -3.48. The maximum absolute atomic E-state index is 12.6. The molecule has 2 aromatic rings. The average Bonchev–Trinajstić information content (AvgIpc) is 3.43. The van der Waals surface area contributed by atoms with E-state index in [0.29, 0.717) is 19.6 Å². The number of hydrogen-bond donors (Lipinski definition) is 0. The van der Waals surface area contributed by atoms with Gasteiger partial charge in [0.05, 0.1) is 12.7 Å². The topological polar surface area (TPSA) is 72.1 Å². The number of rotatable bonds is 3. The standard InChI is InChI=1S/C28H35N5O2/c1-19(2)25-15-24(21-11-13-32(18-21)27(34)35-28(4,5)6)31-26-23(17-30-33(25)26)22-14-20(3)10-8-7-9-12-29-16-22/h7-10,14-17,19,21H,3,11-13,18H2,1-2,4-6H3. The minimum Gasteiger partial charge on any atom is -0.444 e. The molecule has 184 valence electrons. The minimum atomic E-state index is -0.511. The lowest BCUT2D eigenvalue weighted by molar-refractivity contribution is 0.0292. The summed E-state index contributed by atoms with van der Waals surface area (Å²) < 4.78 is 7.51. The van der Waals surface area contributed by atoms with Gasteiger partial charge >= 0.3 is 6.09 Å². The summed E-state index contributed by atoms with van der Waals surface area (Å²) in [6.45, 7) is 16.0. The van der Waals surface area contributed by atoms with E-state index in [2.05, 4.69) is 31.5 Å². The first kappa shape index (κ1) is 24.6. The van der Waals surface area contributed by atoms with Gasteiger partial charge in [0.25, 0.3) is 0 Å². The molecule has 7 heteroatoms. The highest BCUT2D eigenvalue weighted by atomic mass is 16.6. The van der Waals surface area contributed by atoms with E-state index in [1.54, 1.807) is 4.90 Å². The average molecular weight is 474 g/mol. The normalized spacial score (nSPS) is 19.0. The van der Waals surface area contributed by atoms with Crippen LogP contribution in [0.1, 0.15) is 69.8 Å². The Morgan fingerprint density at radius 1 is 1.26 bits per heavy atom. The Morgan fingerprint density at radius 3 is 2.80 bits per heavy atom. The summed E-state index contributed by atoms with van der Waals surface area (Å²) in [4.78, 5) is 24.0. The third-order valence-corrected chi connectivity index (χ3v) is 6.02. The van der Waals surface area contributed by atoms with E-state index in [4.69, 9.17) is 14.8 Å². The van der Waals surface area contributed by atoms with Crippen LogP contribution in [0.2, 0.25) is 0 Å². The maximum atomic E-state index is 12.6. The molecule has 0 bridgehead atoms. The van der Waals surface area contributed by atoms with Crippen LogP contribution in [0, 0.1) is 0 Å². The smallest absolute Gasteiger partial charge is 0.410 e. The Labute approximate surface area is 207 Å². The van der Waals surface area contributed by atoms with Gasteiger partial charge in [0, 0.05) is 47.7 Å². The number of amides is 1. The molecule has 0 saturated carbocycles. The van der Waals surface area contributed by atoms with Crippen LogP contribution in [-0.4, -0.2) is 57.0 Å². The van der Waals surface area contributed by atoms with Crippen molar-refractivity contribution in [2.75, 3.05) is 19.6 Å². The van der Waals surface area contributed by atoms with E-state index in [0.717, 1.165) is 40.2 Å². The summed E-state index contributed by atoms with van der Waals surface area (Å²) in [7, 11) is 0. The monoisotopic (exact) mass is 473 g/mol. The van der Waals surface area contributed by atoms with Gasteiger partial charge in [0.2, 0.25) is 0 Å². The van der Waals surface area contributed by atoms with Crippen LogP contribution < -0.4 is 0 Å². The SMILES string of the molecule is C=C1C=CC=CCN=CC(c2cnn3c(C(C)C)cc(C4CCN(C(=O)OC(C)(C)C)C4)nc23)=C1. The number of likely N-dealkylation sites (tertiary alicyclic amines) is 1. The van der Waals surface area contributed by atoms with Gasteiger partial charge in [-0.15, -0.1) is 0 Å². The molecule has 35 heavy (non-hydrogen) atoms. The van der Waals surface area contributed by atoms with E-state index >= 15 is 0 Å². The summed E-state index contributed by atoms with van der Waals surface area (Å²) in [5.41, 5.74) is 5.07. The molecule has 1 unspecified atom stereocenters. The zero-order chi connectivity index (χ0) is 25.2. The van der Waals surface area contributed by atoms with Gasteiger partial charge in [0.15, 0.2) is 5.65 Å². The number of carbonyl (C=O) groups is 1. The minimum absolute atomic E-state index is 0.141. The predicted molar refractivity (Wildman–Crippen MR) is 141 cm³/mol. The molecule has 1 fully saturated rings. The van der Waals surface area contributed by atoms with E-state index in [9.17, 15) is 4.79 Å². The van der Waals surface area contributed by atoms with Crippen LogP contribution in [0.25, 0.3) is 11.2 Å². The van der Waals surface area contributed by atoms with Gasteiger partial charge in [-0.2, -0.15) is 5.10 Å². The third-order valence-electron chi connectivity index (χ3n) is 6.02. The molecule has 0 radical (unpaired) electrons. The van der Waals surface area contributed by atoms with Crippen LogP contribution in [0.4, 0.5) is 4.79 Å². The molecule has 1 amide bonds. The number of aromatic nitrogens is 3. The lowest BCUT2D eigenvalue weighted by atomic mass is 10.0. The highest BCUT2D eigenvalue weighted by Gasteiger charge is 2.32. The highest BCUT2D eigenvalue weighted by molar-refractivity contribution is 6.12. The van der Waals surface area contributed by atoms with Gasteiger partial charge < -0.3 is 9.64 Å². The first-order valence-corrected chi connectivity index (χ1v) is 12.2. The Balaban J connectivity index is 1.72. The van der Waals surface area contributed by atoms with Gasteiger partial charge in [-0.25, -0.2) is 14.3 Å². The van der Waals surface area contributed by atoms with Crippen LogP contribution >= 0.6 is 0 Å². The van der Waals surface area contributed by atoms with Crippen molar-refractivity contribution in [2.24, 2.45) is 4.99 Å². The van der Waals surface area contributed by atoms with Gasteiger partial charge in [0.1, 0.15) is 5.60 Å². The summed E-state index contributed by atoms with van der Waals surface area (Å²) >= 11 is 0. The zero-order valence-corrected chi connectivity index (χ0v) is 21.4. The van der Waals surface area contributed by atoms with Crippen LogP contribution in [0.5, 0.6) is 0 Å². The molecule has 2 aromatic heterocycles. The van der Waals surface area contributed by atoms with Gasteiger partial charge in [-0.1, -0.05) is 44.7 Å². The molecule has 0 aromatic carbocycles. The van der Waals surface area contributed by atoms with E-state index < -0.39 is 5.60 Å². The number of carbonyl (C=O) groups excluding carboxylic acids is 1. The second kappa shape index (κ2) is 10.0. The fourth-order valence-corrected chi connectivity index (χ4v) is 4.29. The maximum Gasteiger partial charge on any atom is 0.410 e. The molecule has 4 rings (SSSR count). The summed E-state index contributed by atoms with van der Waals surface area (Å²) in [5.74, 6) is 0.396. The van der Waals surface area contributed by atoms with E-state index in [1.165, 1.54) is 0 Å².